The van der Waals surface area contributed by atoms with Crippen molar-refractivity contribution in [3.05, 3.63) is 192 Å². The summed E-state index contributed by atoms with van der Waals surface area (Å²) in [7, 11) is 0. The third-order valence-corrected chi connectivity index (χ3v) is 50.6. The molecule has 10 rings (SSSR count). The molecule has 2 aliphatic rings. The zero-order valence-electron chi connectivity index (χ0n) is 27.5. The topological polar surface area (TPSA) is 0 Å². The first-order valence-corrected chi connectivity index (χ1v) is 32.9. The Hall–Kier alpha value is -3.71. The van der Waals surface area contributed by atoms with E-state index in [-0.39, 0.29) is 24.8 Å². The molecule has 0 nitrogen and oxygen atoms in total. The van der Waals surface area contributed by atoms with Gasteiger partial charge in [0.05, 0.1) is 0 Å². The van der Waals surface area contributed by atoms with E-state index in [0.29, 0.717) is 7.25 Å². The van der Waals surface area contributed by atoms with Crippen LogP contribution in [0.25, 0.3) is 55.2 Å². The van der Waals surface area contributed by atoms with Gasteiger partial charge in [0.25, 0.3) is 0 Å². The molecular weight excluding hydrogens is 787 g/mol. The number of rotatable bonds is 4. The molecular formula is C46H36Cl2GeZr. The second-order valence-electron chi connectivity index (χ2n) is 13.9. The van der Waals surface area contributed by atoms with Crippen molar-refractivity contribution < 1.29 is 15.7 Å². The fourth-order valence-electron chi connectivity index (χ4n) is 9.84. The van der Waals surface area contributed by atoms with E-state index in [0.717, 1.165) is 0 Å². The van der Waals surface area contributed by atoms with Crippen LogP contribution in [0.15, 0.2) is 170 Å². The molecule has 0 aromatic heterocycles. The molecule has 8 aromatic carbocycles. The average Bonchev–Trinajstić information content (AvgIpc) is 3.83. The van der Waals surface area contributed by atoms with Crippen LogP contribution in [0, 0.1) is 0 Å². The van der Waals surface area contributed by atoms with Gasteiger partial charge in [-0.15, -0.1) is 24.8 Å². The van der Waals surface area contributed by atoms with Gasteiger partial charge in [0.2, 0.25) is 0 Å². The molecule has 0 saturated heterocycles. The van der Waals surface area contributed by atoms with Crippen LogP contribution < -0.4 is 6.54 Å². The SMILES string of the molecule is Cl.Cl.[GeH2]=[Zr]([c]1ccccc1)([c]1ccccc1)([CH]1C=Cc2c1c1ccccc1c1ccccc21)[CH]1C=Cc2c1c1ccccc1c1ccccc21. The number of hydrogen-bond acceptors (Lipinski definition) is 0. The van der Waals surface area contributed by atoms with Crippen molar-refractivity contribution in [3.8, 4) is 0 Å². The number of benzene rings is 8. The molecule has 0 N–H and O–H groups in total. The van der Waals surface area contributed by atoms with Gasteiger partial charge in [0, 0.05) is 0 Å². The van der Waals surface area contributed by atoms with Crippen molar-refractivity contribution in [3.63, 3.8) is 0 Å². The molecule has 2 unspecified atom stereocenters. The summed E-state index contributed by atoms with van der Waals surface area (Å²) >= 11 is -3.37. The Balaban J connectivity index is 0.00000180. The summed E-state index contributed by atoms with van der Waals surface area (Å²) in [5.41, 5.74) is 5.92. The normalized spacial score (nSPS) is 16.3. The third kappa shape index (κ3) is 4.34. The predicted molar refractivity (Wildman–Crippen MR) is 222 cm³/mol. The number of allylic oxidation sites excluding steroid dienone is 2. The van der Waals surface area contributed by atoms with Crippen LogP contribution in [0.5, 0.6) is 0 Å². The van der Waals surface area contributed by atoms with Crippen LogP contribution in [0.4, 0.5) is 0 Å². The molecule has 242 valence electrons. The molecule has 0 fully saturated rings. The first-order chi connectivity index (χ1) is 23.7. The molecule has 0 bridgehead atoms. The number of hydrogen-bond donors (Lipinski definition) is 0. The van der Waals surface area contributed by atoms with Gasteiger partial charge in [-0.2, -0.15) is 0 Å². The standard InChI is InChI=1S/2C17H11.2C6H5.2ClH.GeH2.Zr/c2*1-3-8-14-12(6-1)13-7-2-4-9-15(13)17-11-5-10-16(14)17;2*1-2-4-6-5-3-1;;;;/h2*1-11H;2*1-5H;2*1H;1H2;. The van der Waals surface area contributed by atoms with E-state index in [4.69, 9.17) is 0 Å². The van der Waals surface area contributed by atoms with E-state index in [2.05, 4.69) is 182 Å². The summed E-state index contributed by atoms with van der Waals surface area (Å²) in [5, 5.41) is 11.0. The average molecular weight is 824 g/mol. The molecule has 0 radical (unpaired) electrons. The molecule has 4 heteroatoms. The van der Waals surface area contributed by atoms with Gasteiger partial charge >= 0.3 is 289 Å². The Morgan fingerprint density at radius 1 is 0.340 bits per heavy atom. The van der Waals surface area contributed by atoms with Gasteiger partial charge in [-0.05, 0) is 0 Å². The van der Waals surface area contributed by atoms with Gasteiger partial charge in [-0.3, -0.25) is 0 Å². The molecule has 0 spiro atoms. The summed E-state index contributed by atoms with van der Waals surface area (Å²) in [6.45, 7) is 0. The Labute approximate surface area is 311 Å². The van der Waals surface area contributed by atoms with Crippen LogP contribution in [0.3, 0.4) is 0 Å². The predicted octanol–water partition coefficient (Wildman–Crippen LogP) is 10.9. The summed E-state index contributed by atoms with van der Waals surface area (Å²) in [5.74, 6) is 0. The monoisotopic (exact) mass is 822 g/mol. The van der Waals surface area contributed by atoms with Crippen molar-refractivity contribution in [2.24, 2.45) is 0 Å². The van der Waals surface area contributed by atoms with E-state index in [1.54, 1.807) is 17.7 Å². The minimum absolute atomic E-state index is 0. The second-order valence-corrected chi connectivity index (χ2v) is 46.7. The van der Waals surface area contributed by atoms with Gasteiger partial charge in [0.15, 0.2) is 0 Å². The van der Waals surface area contributed by atoms with Crippen LogP contribution in [0.1, 0.15) is 29.5 Å². The zero-order valence-corrected chi connectivity index (χ0v) is 34.6. The maximum absolute atomic E-state index is 4.60. The molecule has 0 amide bonds. The van der Waals surface area contributed by atoms with Crippen LogP contribution in [0.2, 0.25) is 0 Å². The fourth-order valence-corrected chi connectivity index (χ4v) is 41.7. The van der Waals surface area contributed by atoms with Gasteiger partial charge in [0.1, 0.15) is 0 Å². The van der Waals surface area contributed by atoms with Gasteiger partial charge < -0.3 is 0 Å². The molecule has 8 aromatic rings. The van der Waals surface area contributed by atoms with Crippen molar-refractivity contribution in [2.45, 2.75) is 7.25 Å². The fraction of sp³-hybridized carbons (Fsp3) is 0.0435. The van der Waals surface area contributed by atoms with Crippen molar-refractivity contribution in [1.82, 2.24) is 0 Å². The first kappa shape index (κ1) is 33.4. The van der Waals surface area contributed by atoms with Crippen molar-refractivity contribution in [2.75, 3.05) is 0 Å². The van der Waals surface area contributed by atoms with Gasteiger partial charge in [-0.1, -0.05) is 0 Å². The van der Waals surface area contributed by atoms with Crippen LogP contribution >= 0.6 is 24.8 Å². The molecule has 0 saturated carbocycles. The minimum atomic E-state index is -4.60. The van der Waals surface area contributed by atoms with E-state index >= 15 is 0 Å². The Morgan fingerprint density at radius 3 is 0.980 bits per heavy atom. The molecule has 0 heterocycles. The van der Waals surface area contributed by atoms with Crippen molar-refractivity contribution >= 4 is 98.7 Å². The van der Waals surface area contributed by atoms with Crippen molar-refractivity contribution in [1.29, 1.82) is 0 Å². The molecule has 2 aliphatic carbocycles. The molecule has 0 aliphatic heterocycles. The van der Waals surface area contributed by atoms with E-state index in [1.807, 2.05) is 0 Å². The second kappa shape index (κ2) is 12.5. The Bertz CT molecular complexity index is 2560. The number of halogens is 2. The Kier molecular flexibility index (Phi) is 8.36. The maximum atomic E-state index is 2.66. The van der Waals surface area contributed by atoms with E-state index in [1.165, 1.54) is 66.4 Å². The zero-order chi connectivity index (χ0) is 31.9. The summed E-state index contributed by atoms with van der Waals surface area (Å²) in [6.07, 6.45) is 10.3. The van der Waals surface area contributed by atoms with Crippen LogP contribution in [-0.4, -0.2) is 12.1 Å². The first-order valence-electron chi connectivity index (χ1n) is 17.0. The third-order valence-electron chi connectivity index (χ3n) is 11.9. The summed E-state index contributed by atoms with van der Waals surface area (Å²) in [4.78, 5) is 0. The quantitative estimate of drug-likeness (QED) is 0.123. The Morgan fingerprint density at radius 2 is 0.620 bits per heavy atom. The van der Waals surface area contributed by atoms with Crippen LogP contribution in [-0.2, 0) is 15.7 Å². The summed E-state index contributed by atoms with van der Waals surface area (Å²) in [6, 6.07) is 60.2. The van der Waals surface area contributed by atoms with Gasteiger partial charge in [-0.25, -0.2) is 0 Å². The molecule has 50 heavy (non-hydrogen) atoms. The summed E-state index contributed by atoms with van der Waals surface area (Å²) < 4.78 is 3.77. The van der Waals surface area contributed by atoms with E-state index in [9.17, 15) is 0 Å². The number of fused-ring (bicyclic) bond motifs is 12. The van der Waals surface area contributed by atoms with E-state index < -0.39 is 15.7 Å². The molecule has 2 atom stereocenters.